The molecule has 5 nitrogen and oxygen atoms in total. The number of fused-ring (bicyclic) bond motifs is 1. The molecule has 1 aliphatic heterocycles. The minimum absolute atomic E-state index is 0.146. The van der Waals surface area contributed by atoms with E-state index in [1.807, 2.05) is 26.0 Å². The Morgan fingerprint density at radius 2 is 2.17 bits per heavy atom. The largest absolute Gasteiger partial charge is 0.450 e. The second-order valence-corrected chi connectivity index (χ2v) is 7.12. The molecule has 3 rings (SSSR count). The molecule has 0 saturated carbocycles. The number of nitrogens with zero attached hydrogens (tertiary/aromatic N) is 1. The molecule has 0 aliphatic carbocycles. The molecule has 1 atom stereocenters. The molecule has 1 fully saturated rings. The van der Waals surface area contributed by atoms with Gasteiger partial charge in [0.15, 0.2) is 6.61 Å². The summed E-state index contributed by atoms with van der Waals surface area (Å²) in [5.41, 5.74) is 1.34. The molecule has 1 amide bonds. The molecule has 0 unspecified atom stereocenters. The predicted octanol–water partition coefficient (Wildman–Crippen LogP) is 4.06. The number of benzene rings is 1. The number of aryl methyl sites for hydroxylation is 1. The van der Waals surface area contributed by atoms with Crippen LogP contribution >= 0.6 is 15.9 Å². The van der Waals surface area contributed by atoms with Gasteiger partial charge < -0.3 is 14.1 Å². The quantitative estimate of drug-likeness (QED) is 0.737. The first kappa shape index (κ1) is 17.0. The lowest BCUT2D eigenvalue weighted by Gasteiger charge is -2.33. The molecule has 1 aromatic carbocycles. The zero-order valence-corrected chi connectivity index (χ0v) is 15.4. The molecule has 1 saturated heterocycles. The van der Waals surface area contributed by atoms with Crippen molar-refractivity contribution < 1.29 is 18.7 Å². The summed E-state index contributed by atoms with van der Waals surface area (Å²) in [5.74, 6) is -0.590. The van der Waals surface area contributed by atoms with E-state index in [1.54, 1.807) is 11.0 Å². The van der Waals surface area contributed by atoms with Gasteiger partial charge in [0, 0.05) is 28.0 Å². The summed E-state index contributed by atoms with van der Waals surface area (Å²) < 4.78 is 11.7. The van der Waals surface area contributed by atoms with Crippen LogP contribution in [0.1, 0.15) is 42.3 Å². The van der Waals surface area contributed by atoms with Crippen LogP contribution in [0.3, 0.4) is 0 Å². The molecule has 128 valence electrons. The SMILES string of the molecule is Cc1c(C(=O)OCC(=O)N2CCCC[C@H]2C)oc2ccc(Br)cc12. The highest BCUT2D eigenvalue weighted by Gasteiger charge is 2.25. The van der Waals surface area contributed by atoms with Gasteiger partial charge in [0.1, 0.15) is 5.58 Å². The van der Waals surface area contributed by atoms with Crippen molar-refractivity contribution in [1.29, 1.82) is 0 Å². The van der Waals surface area contributed by atoms with Crippen molar-refractivity contribution in [3.05, 3.63) is 34.0 Å². The van der Waals surface area contributed by atoms with Gasteiger partial charge >= 0.3 is 5.97 Å². The van der Waals surface area contributed by atoms with Gasteiger partial charge in [-0.3, -0.25) is 4.79 Å². The third-order valence-corrected chi connectivity index (χ3v) is 5.03. The maximum Gasteiger partial charge on any atom is 0.375 e. The minimum Gasteiger partial charge on any atom is -0.450 e. The van der Waals surface area contributed by atoms with Crippen molar-refractivity contribution >= 4 is 38.8 Å². The van der Waals surface area contributed by atoms with Gasteiger partial charge in [0.05, 0.1) is 0 Å². The number of amides is 1. The van der Waals surface area contributed by atoms with Crippen LogP contribution < -0.4 is 0 Å². The van der Waals surface area contributed by atoms with E-state index in [0.29, 0.717) is 5.58 Å². The maximum atomic E-state index is 12.3. The van der Waals surface area contributed by atoms with E-state index >= 15 is 0 Å². The van der Waals surface area contributed by atoms with Crippen LogP contribution in [0, 0.1) is 6.92 Å². The van der Waals surface area contributed by atoms with Gasteiger partial charge in [-0.1, -0.05) is 15.9 Å². The van der Waals surface area contributed by atoms with Crippen LogP contribution in [0.5, 0.6) is 0 Å². The van der Waals surface area contributed by atoms with Gasteiger partial charge in [0.2, 0.25) is 5.76 Å². The average Bonchev–Trinajstić information content (AvgIpc) is 2.89. The number of rotatable bonds is 3. The van der Waals surface area contributed by atoms with Crippen molar-refractivity contribution in [3.63, 3.8) is 0 Å². The lowest BCUT2D eigenvalue weighted by atomic mass is 10.0. The van der Waals surface area contributed by atoms with E-state index in [0.717, 1.165) is 41.2 Å². The first-order valence-electron chi connectivity index (χ1n) is 8.12. The number of esters is 1. The fourth-order valence-corrected chi connectivity index (χ4v) is 3.49. The molecule has 0 N–H and O–H groups in total. The van der Waals surface area contributed by atoms with Gasteiger partial charge in [-0.15, -0.1) is 0 Å². The summed E-state index contributed by atoms with van der Waals surface area (Å²) in [5, 5.41) is 0.854. The Morgan fingerprint density at radius 1 is 1.38 bits per heavy atom. The van der Waals surface area contributed by atoms with Crippen LogP contribution in [-0.2, 0) is 9.53 Å². The van der Waals surface area contributed by atoms with Gasteiger partial charge in [-0.2, -0.15) is 0 Å². The summed E-state index contributed by atoms with van der Waals surface area (Å²) in [6, 6.07) is 5.74. The molecule has 6 heteroatoms. The summed E-state index contributed by atoms with van der Waals surface area (Å²) in [6.07, 6.45) is 3.14. The maximum absolute atomic E-state index is 12.3. The van der Waals surface area contributed by atoms with Gasteiger partial charge in [0.25, 0.3) is 5.91 Å². The zero-order chi connectivity index (χ0) is 17.3. The summed E-state index contributed by atoms with van der Waals surface area (Å²) in [7, 11) is 0. The van der Waals surface area contributed by atoms with Crippen molar-refractivity contribution in [3.8, 4) is 0 Å². The number of piperidine rings is 1. The summed E-state index contributed by atoms with van der Waals surface area (Å²) >= 11 is 3.40. The highest BCUT2D eigenvalue weighted by molar-refractivity contribution is 9.10. The molecule has 1 aromatic heterocycles. The Bertz CT molecular complexity index is 783. The van der Waals surface area contributed by atoms with Crippen molar-refractivity contribution in [2.45, 2.75) is 39.2 Å². The number of carbonyl (C=O) groups is 2. The van der Waals surface area contributed by atoms with Crippen molar-refractivity contribution in [2.24, 2.45) is 0 Å². The fraction of sp³-hybridized carbons (Fsp3) is 0.444. The first-order valence-corrected chi connectivity index (χ1v) is 8.92. The molecule has 24 heavy (non-hydrogen) atoms. The van der Waals surface area contributed by atoms with Crippen molar-refractivity contribution in [1.82, 2.24) is 4.90 Å². The lowest BCUT2D eigenvalue weighted by Crippen LogP contribution is -2.44. The number of hydrogen-bond acceptors (Lipinski definition) is 4. The predicted molar refractivity (Wildman–Crippen MR) is 94.0 cm³/mol. The van der Waals surface area contributed by atoms with E-state index in [9.17, 15) is 9.59 Å². The van der Waals surface area contributed by atoms with Crippen molar-refractivity contribution in [2.75, 3.05) is 13.2 Å². The second kappa shape index (κ2) is 6.97. The average molecular weight is 394 g/mol. The number of hydrogen-bond donors (Lipinski definition) is 0. The van der Waals surface area contributed by atoms with Crippen LogP contribution in [0.2, 0.25) is 0 Å². The van der Waals surface area contributed by atoms with E-state index in [4.69, 9.17) is 9.15 Å². The van der Waals surface area contributed by atoms with Crippen LogP contribution in [0.25, 0.3) is 11.0 Å². The summed E-state index contributed by atoms with van der Waals surface area (Å²) in [4.78, 5) is 26.3. The normalized spacial score (nSPS) is 18.0. The smallest absolute Gasteiger partial charge is 0.375 e. The monoisotopic (exact) mass is 393 g/mol. The Labute approximate surface area is 149 Å². The standard InChI is InChI=1S/C18H20BrNO4/c1-11-5-3-4-8-20(11)16(21)10-23-18(22)17-12(2)14-9-13(19)6-7-15(14)24-17/h6-7,9,11H,3-5,8,10H2,1-2H3/t11-/m1/s1. The molecular weight excluding hydrogens is 374 g/mol. The molecule has 0 radical (unpaired) electrons. The van der Waals surface area contributed by atoms with Gasteiger partial charge in [-0.25, -0.2) is 4.79 Å². The first-order chi connectivity index (χ1) is 11.5. The Balaban J connectivity index is 1.69. The zero-order valence-electron chi connectivity index (χ0n) is 13.8. The molecular formula is C18H20BrNO4. The van der Waals surface area contributed by atoms with E-state index in [1.165, 1.54) is 0 Å². The number of ether oxygens (including phenoxy) is 1. The van der Waals surface area contributed by atoms with Crippen LogP contribution in [0.4, 0.5) is 0 Å². The third kappa shape index (κ3) is 3.34. The van der Waals surface area contributed by atoms with E-state index < -0.39 is 5.97 Å². The molecule has 2 aromatic rings. The minimum atomic E-state index is -0.599. The van der Waals surface area contributed by atoms with Gasteiger partial charge in [-0.05, 0) is 51.3 Å². The molecule has 0 spiro atoms. The van der Waals surface area contributed by atoms with E-state index in [2.05, 4.69) is 15.9 Å². The topological polar surface area (TPSA) is 59.8 Å². The summed E-state index contributed by atoms with van der Waals surface area (Å²) in [6.45, 7) is 4.32. The fourth-order valence-electron chi connectivity index (χ4n) is 3.13. The number of halogens is 1. The molecule has 1 aliphatic rings. The number of furan rings is 1. The Morgan fingerprint density at radius 3 is 2.92 bits per heavy atom. The van der Waals surface area contributed by atoms with Crippen LogP contribution in [0.15, 0.2) is 27.1 Å². The second-order valence-electron chi connectivity index (χ2n) is 6.20. The van der Waals surface area contributed by atoms with E-state index in [-0.39, 0.29) is 24.3 Å². The molecule has 2 heterocycles. The number of likely N-dealkylation sites (tertiary alicyclic amines) is 1. The Kier molecular flexibility index (Phi) is 4.94. The lowest BCUT2D eigenvalue weighted by molar-refractivity contribution is -0.137. The van der Waals surface area contributed by atoms with Crippen LogP contribution in [-0.4, -0.2) is 36.0 Å². The number of carbonyl (C=O) groups excluding carboxylic acids is 2. The third-order valence-electron chi connectivity index (χ3n) is 4.53. The molecule has 0 bridgehead atoms. The highest BCUT2D eigenvalue weighted by atomic mass is 79.9. The highest BCUT2D eigenvalue weighted by Crippen LogP contribution is 2.28. The Hall–Kier alpha value is -1.82.